The summed E-state index contributed by atoms with van der Waals surface area (Å²) in [7, 11) is 0. The van der Waals surface area contributed by atoms with Gasteiger partial charge in [-0.05, 0) is 31.4 Å². The first-order valence-electron chi connectivity index (χ1n) is 7.87. The third-order valence-corrected chi connectivity index (χ3v) is 4.40. The molecule has 1 aliphatic rings. The van der Waals surface area contributed by atoms with Crippen molar-refractivity contribution >= 4 is 24.8 Å². The van der Waals surface area contributed by atoms with E-state index in [4.69, 9.17) is 0 Å². The van der Waals surface area contributed by atoms with Crippen LogP contribution >= 0.6 is 24.8 Å². The highest BCUT2D eigenvalue weighted by Crippen LogP contribution is 2.33. The number of piperazine rings is 1. The van der Waals surface area contributed by atoms with E-state index in [0.29, 0.717) is 12.1 Å². The number of benzene rings is 1. The largest absolute Gasteiger partial charge is 0.311 e. The van der Waals surface area contributed by atoms with Crippen LogP contribution in [0.15, 0.2) is 18.2 Å². The summed E-state index contributed by atoms with van der Waals surface area (Å²) < 4.78 is 39.4. The van der Waals surface area contributed by atoms with Gasteiger partial charge in [0.15, 0.2) is 0 Å². The molecule has 1 unspecified atom stereocenters. The number of alkyl halides is 2. The molecule has 1 aromatic rings. The number of hydrogen-bond acceptors (Lipinski definition) is 2. The zero-order chi connectivity index (χ0) is 16.4. The van der Waals surface area contributed by atoms with E-state index in [1.807, 2.05) is 0 Å². The van der Waals surface area contributed by atoms with Crippen LogP contribution in [0.3, 0.4) is 0 Å². The Hall–Kier alpha value is -0.490. The Bertz CT molecular complexity index is 515. The van der Waals surface area contributed by atoms with E-state index < -0.39 is 17.8 Å². The molecule has 24 heavy (non-hydrogen) atoms. The number of nitrogens with one attached hydrogen (secondary N) is 1. The normalized spacial score (nSPS) is 22.9. The van der Waals surface area contributed by atoms with E-state index in [0.717, 1.165) is 18.7 Å². The fourth-order valence-electron chi connectivity index (χ4n) is 3.30. The monoisotopic (exact) mass is 386 g/mol. The van der Waals surface area contributed by atoms with Crippen molar-refractivity contribution in [2.45, 2.75) is 52.2 Å². The fraction of sp³-hybridized carbons (Fsp3) is 0.647. The minimum absolute atomic E-state index is 0. The molecule has 0 radical (unpaired) electrons. The second kappa shape index (κ2) is 9.85. The molecule has 2 rings (SSSR count). The van der Waals surface area contributed by atoms with Crippen LogP contribution in [0, 0.1) is 11.7 Å². The summed E-state index contributed by atoms with van der Waals surface area (Å²) in [5.41, 5.74) is 0.255. The van der Waals surface area contributed by atoms with Crippen LogP contribution in [0.5, 0.6) is 0 Å². The average molecular weight is 387 g/mol. The van der Waals surface area contributed by atoms with E-state index in [-0.39, 0.29) is 36.8 Å². The zero-order valence-corrected chi connectivity index (χ0v) is 16.1. The second-order valence-corrected chi connectivity index (χ2v) is 6.63. The van der Waals surface area contributed by atoms with Crippen molar-refractivity contribution in [1.82, 2.24) is 10.2 Å². The van der Waals surface area contributed by atoms with Crippen molar-refractivity contribution in [2.24, 2.45) is 5.92 Å². The lowest BCUT2D eigenvalue weighted by Crippen LogP contribution is -2.56. The first-order valence-corrected chi connectivity index (χ1v) is 7.87. The van der Waals surface area contributed by atoms with E-state index in [2.05, 4.69) is 37.9 Å². The number of halogens is 5. The van der Waals surface area contributed by atoms with Gasteiger partial charge in [-0.25, -0.2) is 13.2 Å². The van der Waals surface area contributed by atoms with Crippen LogP contribution in [0.25, 0.3) is 0 Å². The van der Waals surface area contributed by atoms with Gasteiger partial charge in [0.05, 0.1) is 5.56 Å². The Morgan fingerprint density at radius 3 is 2.29 bits per heavy atom. The molecule has 1 N–H and O–H groups in total. The van der Waals surface area contributed by atoms with Crippen LogP contribution in [-0.2, 0) is 0 Å². The molecule has 1 heterocycles. The molecule has 2 nitrogen and oxygen atoms in total. The van der Waals surface area contributed by atoms with Crippen LogP contribution in [0.2, 0.25) is 0 Å². The van der Waals surface area contributed by atoms with Gasteiger partial charge in [0.25, 0.3) is 6.43 Å². The Labute approximate surface area is 155 Å². The van der Waals surface area contributed by atoms with Crippen molar-refractivity contribution in [1.29, 1.82) is 0 Å². The minimum atomic E-state index is -2.77. The molecular formula is C17H27Cl2F3N2. The summed E-state index contributed by atoms with van der Waals surface area (Å²) in [4.78, 5) is 2.35. The molecule has 1 fully saturated rings. The molecule has 0 bridgehead atoms. The quantitative estimate of drug-likeness (QED) is 0.784. The lowest BCUT2D eigenvalue weighted by atomic mass is 9.91. The molecule has 3 atom stereocenters. The molecule has 140 valence electrons. The van der Waals surface area contributed by atoms with Crippen molar-refractivity contribution in [3.05, 3.63) is 35.1 Å². The summed E-state index contributed by atoms with van der Waals surface area (Å²) in [6.07, 6.45) is -2.77. The van der Waals surface area contributed by atoms with Crippen LogP contribution in [-0.4, -0.2) is 30.1 Å². The van der Waals surface area contributed by atoms with Crippen LogP contribution in [0.1, 0.15) is 51.3 Å². The predicted octanol–water partition coefficient (Wildman–Crippen LogP) is 4.99. The summed E-state index contributed by atoms with van der Waals surface area (Å²) in [6.45, 7) is 10.2. The maximum absolute atomic E-state index is 14.0. The van der Waals surface area contributed by atoms with E-state index in [1.54, 1.807) is 6.07 Å². The second-order valence-electron chi connectivity index (χ2n) is 6.63. The lowest BCUT2D eigenvalue weighted by molar-refractivity contribution is 0.0695. The summed E-state index contributed by atoms with van der Waals surface area (Å²) in [5.74, 6) is -0.543. The summed E-state index contributed by atoms with van der Waals surface area (Å²) in [5, 5.41) is 3.43. The molecule has 0 saturated carbocycles. The molecule has 1 saturated heterocycles. The van der Waals surface area contributed by atoms with Gasteiger partial charge in [-0.2, -0.15) is 0 Å². The van der Waals surface area contributed by atoms with Gasteiger partial charge in [-0.15, -0.1) is 24.8 Å². The molecule has 1 aromatic carbocycles. The first-order chi connectivity index (χ1) is 10.3. The standard InChI is InChI=1S/C17H25F3N2.2ClH/c1-10(2)16(22-9-11(3)21-8-12(22)4)13-5-6-14(17(19)20)15(18)7-13;;/h5-7,10-12,16-17,21H,8-9H2,1-4H3;2*1H/t11-,12+,16?;;/m0../s1. The highest BCUT2D eigenvalue weighted by Gasteiger charge is 2.32. The smallest absolute Gasteiger partial charge is 0.266 e. The fourth-order valence-corrected chi connectivity index (χ4v) is 3.30. The molecule has 0 amide bonds. The maximum atomic E-state index is 14.0. The first kappa shape index (κ1) is 23.5. The van der Waals surface area contributed by atoms with Gasteiger partial charge < -0.3 is 5.32 Å². The Morgan fingerprint density at radius 2 is 1.79 bits per heavy atom. The Balaban J connectivity index is 0.00000264. The third-order valence-electron chi connectivity index (χ3n) is 4.40. The lowest BCUT2D eigenvalue weighted by Gasteiger charge is -2.44. The van der Waals surface area contributed by atoms with Gasteiger partial charge in [0.1, 0.15) is 5.82 Å². The van der Waals surface area contributed by atoms with Gasteiger partial charge in [-0.3, -0.25) is 4.90 Å². The van der Waals surface area contributed by atoms with Gasteiger partial charge in [-0.1, -0.05) is 26.0 Å². The molecule has 0 aliphatic carbocycles. The SMILES string of the molecule is CC(C)C(c1ccc(C(F)F)c(F)c1)N1C[C@H](C)NC[C@H]1C.Cl.Cl. The number of rotatable bonds is 4. The van der Waals surface area contributed by atoms with Crippen molar-refractivity contribution in [2.75, 3.05) is 13.1 Å². The van der Waals surface area contributed by atoms with Gasteiger partial charge >= 0.3 is 0 Å². The maximum Gasteiger partial charge on any atom is 0.266 e. The summed E-state index contributed by atoms with van der Waals surface area (Å²) >= 11 is 0. The zero-order valence-electron chi connectivity index (χ0n) is 14.4. The van der Waals surface area contributed by atoms with Crippen LogP contribution < -0.4 is 5.32 Å². The van der Waals surface area contributed by atoms with E-state index >= 15 is 0 Å². The van der Waals surface area contributed by atoms with E-state index in [9.17, 15) is 13.2 Å². The Morgan fingerprint density at radius 1 is 1.17 bits per heavy atom. The van der Waals surface area contributed by atoms with Crippen LogP contribution in [0.4, 0.5) is 13.2 Å². The molecule has 0 spiro atoms. The molecular weight excluding hydrogens is 360 g/mol. The summed E-state index contributed by atoms with van der Waals surface area (Å²) in [6, 6.07) is 4.87. The molecule has 7 heteroatoms. The predicted molar refractivity (Wildman–Crippen MR) is 97.1 cm³/mol. The molecule has 0 aromatic heterocycles. The number of nitrogens with zero attached hydrogens (tertiary/aromatic N) is 1. The Kier molecular flexibility index (Phi) is 9.65. The van der Waals surface area contributed by atoms with Crippen molar-refractivity contribution < 1.29 is 13.2 Å². The van der Waals surface area contributed by atoms with E-state index in [1.165, 1.54) is 12.1 Å². The van der Waals surface area contributed by atoms with Crippen molar-refractivity contribution in [3.63, 3.8) is 0 Å². The minimum Gasteiger partial charge on any atom is -0.311 e. The third kappa shape index (κ3) is 5.25. The molecule has 1 aliphatic heterocycles. The topological polar surface area (TPSA) is 15.3 Å². The number of hydrogen-bond donors (Lipinski definition) is 1. The highest BCUT2D eigenvalue weighted by atomic mass is 35.5. The van der Waals surface area contributed by atoms with Crippen molar-refractivity contribution in [3.8, 4) is 0 Å². The van der Waals surface area contributed by atoms with Gasteiger partial charge in [0, 0.05) is 31.2 Å². The van der Waals surface area contributed by atoms with Gasteiger partial charge in [0.2, 0.25) is 0 Å². The average Bonchev–Trinajstić information content (AvgIpc) is 2.42. The highest BCUT2D eigenvalue weighted by molar-refractivity contribution is 5.85.